The summed E-state index contributed by atoms with van der Waals surface area (Å²) < 4.78 is 0. The average molecular weight is 202 g/mol. The van der Waals surface area contributed by atoms with Gasteiger partial charge in [0, 0.05) is 25.9 Å². The molecule has 1 saturated heterocycles. The summed E-state index contributed by atoms with van der Waals surface area (Å²) in [6, 6.07) is 0.544. The van der Waals surface area contributed by atoms with Gasteiger partial charge in [-0.05, 0) is 18.6 Å². The molecular weight excluding hydrogens is 184 g/mol. The minimum atomic E-state index is 0.163. The van der Waals surface area contributed by atoms with E-state index in [1.54, 1.807) is 19.0 Å². The predicted molar refractivity (Wildman–Crippen MR) is 57.0 cm³/mol. The fraction of sp³-hybridized carbons (Fsp3) is 0.889. The fourth-order valence-electron chi connectivity index (χ4n) is 1.29. The van der Waals surface area contributed by atoms with Gasteiger partial charge in [-0.2, -0.15) is 11.8 Å². The SMILES string of the molecule is CN(C)C(=O)CNC1CCCSC1. The second-order valence-corrected chi connectivity index (χ2v) is 4.73. The van der Waals surface area contributed by atoms with Crippen molar-refractivity contribution in [2.24, 2.45) is 0 Å². The molecule has 1 amide bonds. The maximum absolute atomic E-state index is 11.2. The van der Waals surface area contributed by atoms with Crippen molar-refractivity contribution in [2.45, 2.75) is 18.9 Å². The Morgan fingerprint density at radius 3 is 2.92 bits per heavy atom. The molecule has 0 radical (unpaired) electrons. The van der Waals surface area contributed by atoms with Gasteiger partial charge in [0.1, 0.15) is 0 Å². The van der Waals surface area contributed by atoms with Crippen LogP contribution in [0.1, 0.15) is 12.8 Å². The molecule has 0 saturated carbocycles. The lowest BCUT2D eigenvalue weighted by Gasteiger charge is -2.23. The van der Waals surface area contributed by atoms with Crippen LogP contribution in [0.5, 0.6) is 0 Å². The van der Waals surface area contributed by atoms with E-state index in [0.717, 1.165) is 5.75 Å². The first-order valence-electron chi connectivity index (χ1n) is 4.71. The van der Waals surface area contributed by atoms with Crippen LogP contribution in [0.25, 0.3) is 0 Å². The first kappa shape index (κ1) is 10.9. The largest absolute Gasteiger partial charge is 0.348 e. The third-order valence-corrected chi connectivity index (χ3v) is 3.42. The monoisotopic (exact) mass is 202 g/mol. The summed E-state index contributed by atoms with van der Waals surface area (Å²) >= 11 is 1.98. The quantitative estimate of drug-likeness (QED) is 0.726. The Balaban J connectivity index is 2.13. The molecule has 1 fully saturated rings. The second-order valence-electron chi connectivity index (χ2n) is 3.58. The zero-order valence-corrected chi connectivity index (χ0v) is 9.19. The molecule has 0 bridgehead atoms. The molecule has 0 aromatic heterocycles. The Labute approximate surface area is 84.2 Å². The standard InChI is InChI=1S/C9H18N2OS/c1-11(2)9(12)6-10-8-4-3-5-13-7-8/h8,10H,3-7H2,1-2H3. The Morgan fingerprint density at radius 1 is 1.62 bits per heavy atom. The Hall–Kier alpha value is -0.220. The lowest BCUT2D eigenvalue weighted by Crippen LogP contribution is -2.40. The summed E-state index contributed by atoms with van der Waals surface area (Å²) in [5.74, 6) is 2.59. The van der Waals surface area contributed by atoms with Crippen molar-refractivity contribution in [2.75, 3.05) is 32.1 Å². The van der Waals surface area contributed by atoms with E-state index < -0.39 is 0 Å². The third-order valence-electron chi connectivity index (χ3n) is 2.20. The van der Waals surface area contributed by atoms with Gasteiger partial charge in [0.25, 0.3) is 0 Å². The first-order chi connectivity index (χ1) is 6.20. The molecule has 76 valence electrons. The number of hydrogen-bond donors (Lipinski definition) is 1. The lowest BCUT2D eigenvalue weighted by atomic mass is 10.2. The van der Waals surface area contributed by atoms with Crippen molar-refractivity contribution >= 4 is 17.7 Å². The van der Waals surface area contributed by atoms with E-state index in [2.05, 4.69) is 5.32 Å². The summed E-state index contributed by atoms with van der Waals surface area (Å²) in [4.78, 5) is 12.9. The van der Waals surface area contributed by atoms with Crippen LogP contribution in [0.15, 0.2) is 0 Å². The Bertz CT molecular complexity index is 167. The molecule has 0 aromatic carbocycles. The molecule has 0 aromatic rings. The number of likely N-dealkylation sites (N-methyl/N-ethyl adjacent to an activating group) is 1. The molecule has 1 N–H and O–H groups in total. The topological polar surface area (TPSA) is 32.3 Å². The van der Waals surface area contributed by atoms with Crippen LogP contribution in [0.2, 0.25) is 0 Å². The molecule has 1 heterocycles. The van der Waals surface area contributed by atoms with E-state index in [0.29, 0.717) is 12.6 Å². The zero-order chi connectivity index (χ0) is 9.68. The number of nitrogens with one attached hydrogen (secondary N) is 1. The fourth-order valence-corrected chi connectivity index (χ4v) is 2.40. The second kappa shape index (κ2) is 5.50. The summed E-state index contributed by atoms with van der Waals surface area (Å²) in [6.45, 7) is 0.484. The minimum absolute atomic E-state index is 0.163. The van der Waals surface area contributed by atoms with Gasteiger partial charge in [-0.15, -0.1) is 0 Å². The van der Waals surface area contributed by atoms with Gasteiger partial charge in [0.05, 0.1) is 6.54 Å². The van der Waals surface area contributed by atoms with Gasteiger partial charge < -0.3 is 10.2 Å². The molecule has 1 aliphatic rings. The maximum atomic E-state index is 11.2. The number of amides is 1. The molecular formula is C9H18N2OS. The number of thioether (sulfide) groups is 1. The summed E-state index contributed by atoms with van der Waals surface area (Å²) in [6.07, 6.45) is 2.49. The van der Waals surface area contributed by atoms with E-state index in [-0.39, 0.29) is 5.91 Å². The zero-order valence-electron chi connectivity index (χ0n) is 8.38. The van der Waals surface area contributed by atoms with Crippen LogP contribution >= 0.6 is 11.8 Å². The van der Waals surface area contributed by atoms with Crippen LogP contribution in [-0.2, 0) is 4.79 Å². The minimum Gasteiger partial charge on any atom is -0.348 e. The molecule has 1 aliphatic heterocycles. The van der Waals surface area contributed by atoms with Crippen LogP contribution in [-0.4, -0.2) is 49.0 Å². The summed E-state index contributed by atoms with van der Waals surface area (Å²) in [5, 5.41) is 3.29. The number of hydrogen-bond acceptors (Lipinski definition) is 3. The molecule has 4 heteroatoms. The summed E-state index contributed by atoms with van der Waals surface area (Å²) in [7, 11) is 3.58. The van der Waals surface area contributed by atoms with E-state index >= 15 is 0 Å². The number of carbonyl (C=O) groups is 1. The van der Waals surface area contributed by atoms with Crippen molar-refractivity contribution in [3.63, 3.8) is 0 Å². The van der Waals surface area contributed by atoms with Gasteiger partial charge in [-0.3, -0.25) is 4.79 Å². The van der Waals surface area contributed by atoms with Crippen molar-refractivity contribution in [3.05, 3.63) is 0 Å². The average Bonchev–Trinajstić information content (AvgIpc) is 2.15. The predicted octanol–water partition coefficient (Wildman–Crippen LogP) is 0.560. The highest BCUT2D eigenvalue weighted by Crippen LogP contribution is 2.16. The third kappa shape index (κ3) is 4.00. The highest BCUT2D eigenvalue weighted by atomic mass is 32.2. The number of nitrogens with zero attached hydrogens (tertiary/aromatic N) is 1. The van der Waals surface area contributed by atoms with Crippen molar-refractivity contribution < 1.29 is 4.79 Å². The van der Waals surface area contributed by atoms with Crippen LogP contribution in [0, 0.1) is 0 Å². The van der Waals surface area contributed by atoms with Crippen LogP contribution < -0.4 is 5.32 Å². The maximum Gasteiger partial charge on any atom is 0.236 e. The molecule has 1 atom stereocenters. The molecule has 1 unspecified atom stereocenters. The molecule has 1 rings (SSSR count). The van der Waals surface area contributed by atoms with Gasteiger partial charge in [0.2, 0.25) is 5.91 Å². The van der Waals surface area contributed by atoms with Crippen molar-refractivity contribution in [1.29, 1.82) is 0 Å². The van der Waals surface area contributed by atoms with Gasteiger partial charge in [-0.25, -0.2) is 0 Å². The highest BCUT2D eigenvalue weighted by molar-refractivity contribution is 7.99. The highest BCUT2D eigenvalue weighted by Gasteiger charge is 2.14. The lowest BCUT2D eigenvalue weighted by molar-refractivity contribution is -0.127. The van der Waals surface area contributed by atoms with E-state index in [9.17, 15) is 4.79 Å². The van der Waals surface area contributed by atoms with Crippen molar-refractivity contribution in [1.82, 2.24) is 10.2 Å². The van der Waals surface area contributed by atoms with Crippen LogP contribution in [0.3, 0.4) is 0 Å². The van der Waals surface area contributed by atoms with E-state index in [1.807, 2.05) is 11.8 Å². The van der Waals surface area contributed by atoms with Gasteiger partial charge in [0.15, 0.2) is 0 Å². The van der Waals surface area contributed by atoms with Crippen molar-refractivity contribution in [3.8, 4) is 0 Å². The molecule has 13 heavy (non-hydrogen) atoms. The molecule has 3 nitrogen and oxygen atoms in total. The van der Waals surface area contributed by atoms with E-state index in [1.165, 1.54) is 18.6 Å². The van der Waals surface area contributed by atoms with Gasteiger partial charge >= 0.3 is 0 Å². The van der Waals surface area contributed by atoms with Gasteiger partial charge in [-0.1, -0.05) is 0 Å². The smallest absolute Gasteiger partial charge is 0.236 e. The number of carbonyl (C=O) groups excluding carboxylic acids is 1. The first-order valence-corrected chi connectivity index (χ1v) is 5.87. The Morgan fingerprint density at radius 2 is 2.38 bits per heavy atom. The van der Waals surface area contributed by atoms with Crippen LogP contribution in [0.4, 0.5) is 0 Å². The Kier molecular flexibility index (Phi) is 4.59. The normalized spacial score (nSPS) is 22.8. The summed E-state index contributed by atoms with van der Waals surface area (Å²) in [5.41, 5.74) is 0. The molecule has 0 spiro atoms. The number of rotatable bonds is 3. The molecule has 0 aliphatic carbocycles. The van der Waals surface area contributed by atoms with E-state index in [4.69, 9.17) is 0 Å².